The molecule has 2 N–H and O–H groups in total. The highest BCUT2D eigenvalue weighted by molar-refractivity contribution is 7.10. The van der Waals surface area contributed by atoms with Crippen LogP contribution in [0.2, 0.25) is 0 Å². The van der Waals surface area contributed by atoms with Crippen LogP contribution in [0.3, 0.4) is 0 Å². The first-order chi connectivity index (χ1) is 10.2. The zero-order valence-corrected chi connectivity index (χ0v) is 12.8. The van der Waals surface area contributed by atoms with Crippen LogP contribution in [-0.4, -0.2) is 38.3 Å². The van der Waals surface area contributed by atoms with Gasteiger partial charge in [-0.25, -0.2) is 4.79 Å². The van der Waals surface area contributed by atoms with Crippen LogP contribution >= 0.6 is 11.3 Å². The van der Waals surface area contributed by atoms with Crippen LogP contribution < -0.4 is 10.6 Å². The van der Waals surface area contributed by atoms with Crippen molar-refractivity contribution in [2.45, 2.75) is 25.9 Å². The summed E-state index contributed by atoms with van der Waals surface area (Å²) in [5.74, 6) is -0.0769. The SMILES string of the molecule is CCOC(=O)NCCNC(=O)CC1OCCc2ccsc21. The molecule has 2 rings (SSSR count). The van der Waals surface area contributed by atoms with E-state index in [4.69, 9.17) is 9.47 Å². The third-order valence-corrected chi connectivity index (χ3v) is 4.18. The van der Waals surface area contributed by atoms with Gasteiger partial charge in [-0.3, -0.25) is 4.79 Å². The van der Waals surface area contributed by atoms with Crippen LogP contribution in [0.5, 0.6) is 0 Å². The van der Waals surface area contributed by atoms with Crippen LogP contribution in [0.25, 0.3) is 0 Å². The van der Waals surface area contributed by atoms with E-state index in [0.29, 0.717) is 32.7 Å². The predicted molar refractivity (Wildman–Crippen MR) is 79.4 cm³/mol. The third kappa shape index (κ3) is 4.71. The Morgan fingerprint density at radius 1 is 1.43 bits per heavy atom. The van der Waals surface area contributed by atoms with E-state index in [9.17, 15) is 9.59 Å². The maximum Gasteiger partial charge on any atom is 0.407 e. The molecule has 0 saturated heterocycles. The minimum absolute atomic E-state index is 0.0769. The highest BCUT2D eigenvalue weighted by Crippen LogP contribution is 2.33. The standard InChI is InChI=1S/C14H20N2O4S/c1-2-19-14(18)16-6-5-15-12(17)9-11-13-10(3-7-20-11)4-8-21-13/h4,8,11H,2-3,5-7,9H2,1H3,(H,15,17)(H,16,18). The smallest absolute Gasteiger partial charge is 0.407 e. The largest absolute Gasteiger partial charge is 0.450 e. The zero-order chi connectivity index (χ0) is 15.1. The van der Waals surface area contributed by atoms with E-state index in [1.165, 1.54) is 5.56 Å². The summed E-state index contributed by atoms with van der Waals surface area (Å²) in [6, 6.07) is 2.09. The van der Waals surface area contributed by atoms with Crippen molar-refractivity contribution in [2.75, 3.05) is 26.3 Å². The summed E-state index contributed by atoms with van der Waals surface area (Å²) in [5.41, 5.74) is 1.29. The van der Waals surface area contributed by atoms with Gasteiger partial charge in [0.05, 0.1) is 19.6 Å². The number of alkyl carbamates (subject to hydrolysis) is 1. The zero-order valence-electron chi connectivity index (χ0n) is 12.0. The molecule has 7 heteroatoms. The van der Waals surface area contributed by atoms with E-state index in [-0.39, 0.29) is 12.0 Å². The first-order valence-electron chi connectivity index (χ1n) is 7.06. The summed E-state index contributed by atoms with van der Waals surface area (Å²) in [4.78, 5) is 24.1. The molecule has 2 amide bonds. The molecule has 6 nitrogen and oxygen atoms in total. The molecule has 1 atom stereocenters. The minimum Gasteiger partial charge on any atom is -0.450 e. The Bertz CT molecular complexity index is 489. The molecule has 0 fully saturated rings. The fourth-order valence-electron chi connectivity index (χ4n) is 2.16. The lowest BCUT2D eigenvalue weighted by atomic mass is 10.1. The quantitative estimate of drug-likeness (QED) is 0.783. The number of carbonyl (C=O) groups excluding carboxylic acids is 2. The normalized spacial score (nSPS) is 16.9. The lowest BCUT2D eigenvalue weighted by Gasteiger charge is -2.22. The van der Waals surface area contributed by atoms with Crippen LogP contribution in [0.15, 0.2) is 11.4 Å². The van der Waals surface area contributed by atoms with Crippen molar-refractivity contribution < 1.29 is 19.1 Å². The second kappa shape index (κ2) is 7.99. The fourth-order valence-corrected chi connectivity index (χ4v) is 3.17. The van der Waals surface area contributed by atoms with Crippen LogP contribution in [0, 0.1) is 0 Å². The molecular weight excluding hydrogens is 292 g/mol. The molecule has 0 aliphatic carbocycles. The summed E-state index contributed by atoms with van der Waals surface area (Å²) >= 11 is 1.63. The van der Waals surface area contributed by atoms with Gasteiger partial charge in [-0.2, -0.15) is 0 Å². The summed E-state index contributed by atoms with van der Waals surface area (Å²) in [6.45, 7) is 3.46. The molecule has 1 aliphatic heterocycles. The van der Waals surface area contributed by atoms with E-state index in [1.54, 1.807) is 18.3 Å². The highest BCUT2D eigenvalue weighted by atomic mass is 32.1. The average Bonchev–Trinajstić information content (AvgIpc) is 2.93. The number of ether oxygens (including phenoxy) is 2. The fraction of sp³-hybridized carbons (Fsp3) is 0.571. The van der Waals surface area contributed by atoms with Crippen molar-refractivity contribution in [3.63, 3.8) is 0 Å². The van der Waals surface area contributed by atoms with Gasteiger partial charge < -0.3 is 20.1 Å². The molecule has 2 heterocycles. The van der Waals surface area contributed by atoms with Gasteiger partial charge >= 0.3 is 6.09 Å². The molecule has 0 saturated carbocycles. The van der Waals surface area contributed by atoms with Crippen molar-refractivity contribution in [3.8, 4) is 0 Å². The van der Waals surface area contributed by atoms with E-state index >= 15 is 0 Å². The molecule has 21 heavy (non-hydrogen) atoms. The van der Waals surface area contributed by atoms with Gasteiger partial charge in [0.1, 0.15) is 6.10 Å². The number of carbonyl (C=O) groups is 2. The van der Waals surface area contributed by atoms with E-state index in [0.717, 1.165) is 11.3 Å². The molecule has 1 aromatic rings. The first-order valence-corrected chi connectivity index (χ1v) is 7.94. The van der Waals surface area contributed by atoms with Crippen molar-refractivity contribution in [2.24, 2.45) is 0 Å². The van der Waals surface area contributed by atoms with Crippen molar-refractivity contribution in [1.82, 2.24) is 10.6 Å². The van der Waals surface area contributed by atoms with Crippen molar-refractivity contribution >= 4 is 23.3 Å². The lowest BCUT2D eigenvalue weighted by molar-refractivity contribution is -0.124. The van der Waals surface area contributed by atoms with Gasteiger partial charge in [0.25, 0.3) is 0 Å². The average molecular weight is 312 g/mol. The first kappa shape index (κ1) is 15.8. The Kier molecular flexibility index (Phi) is 6.01. The van der Waals surface area contributed by atoms with Crippen molar-refractivity contribution in [1.29, 1.82) is 0 Å². The molecule has 0 spiro atoms. The van der Waals surface area contributed by atoms with Gasteiger partial charge in [0, 0.05) is 18.0 Å². The Morgan fingerprint density at radius 3 is 3.05 bits per heavy atom. The number of rotatable bonds is 6. The van der Waals surface area contributed by atoms with Gasteiger partial charge in [-0.15, -0.1) is 11.3 Å². The maximum atomic E-state index is 11.9. The number of hydrogen-bond donors (Lipinski definition) is 2. The maximum absolute atomic E-state index is 11.9. The topological polar surface area (TPSA) is 76.7 Å². The number of fused-ring (bicyclic) bond motifs is 1. The number of hydrogen-bond acceptors (Lipinski definition) is 5. The molecule has 116 valence electrons. The van der Waals surface area contributed by atoms with Crippen LogP contribution in [0.4, 0.5) is 4.79 Å². The lowest BCUT2D eigenvalue weighted by Crippen LogP contribution is -2.35. The Balaban J connectivity index is 1.68. The van der Waals surface area contributed by atoms with E-state index in [2.05, 4.69) is 16.7 Å². The van der Waals surface area contributed by atoms with Crippen LogP contribution in [-0.2, 0) is 20.7 Å². The molecule has 1 aliphatic rings. The number of thiophene rings is 1. The van der Waals surface area contributed by atoms with Gasteiger partial charge in [-0.1, -0.05) is 0 Å². The molecule has 1 unspecified atom stereocenters. The summed E-state index contributed by atoms with van der Waals surface area (Å²) in [5, 5.41) is 7.35. The third-order valence-electron chi connectivity index (χ3n) is 3.13. The predicted octanol–water partition coefficient (Wildman–Crippen LogP) is 1.61. The monoisotopic (exact) mass is 312 g/mol. The van der Waals surface area contributed by atoms with Gasteiger partial charge in [-0.05, 0) is 30.4 Å². The second-order valence-corrected chi connectivity index (χ2v) is 5.57. The van der Waals surface area contributed by atoms with Gasteiger partial charge in [0.2, 0.25) is 5.91 Å². The van der Waals surface area contributed by atoms with E-state index < -0.39 is 6.09 Å². The second-order valence-electron chi connectivity index (χ2n) is 4.62. The summed E-state index contributed by atoms with van der Waals surface area (Å²) in [7, 11) is 0. The number of amides is 2. The van der Waals surface area contributed by atoms with Gasteiger partial charge in [0.15, 0.2) is 0 Å². The molecule has 1 aromatic heterocycles. The summed E-state index contributed by atoms with van der Waals surface area (Å²) in [6.07, 6.45) is 0.616. The van der Waals surface area contributed by atoms with Crippen LogP contribution in [0.1, 0.15) is 29.9 Å². The molecule has 0 aromatic carbocycles. The highest BCUT2D eigenvalue weighted by Gasteiger charge is 2.24. The van der Waals surface area contributed by atoms with E-state index in [1.807, 2.05) is 5.38 Å². The molecule has 0 bridgehead atoms. The van der Waals surface area contributed by atoms with Crippen molar-refractivity contribution in [3.05, 3.63) is 21.9 Å². The Hall–Kier alpha value is -1.60. The molecular formula is C14H20N2O4S. The minimum atomic E-state index is -0.467. The Labute approximate surface area is 127 Å². The number of nitrogens with one attached hydrogen (secondary N) is 2. The Morgan fingerprint density at radius 2 is 2.24 bits per heavy atom. The summed E-state index contributed by atoms with van der Waals surface area (Å²) < 4.78 is 10.4. The molecule has 0 radical (unpaired) electrons.